The van der Waals surface area contributed by atoms with Crippen molar-refractivity contribution >= 4 is 65.7 Å². The van der Waals surface area contributed by atoms with Gasteiger partial charge in [-0.15, -0.1) is 0 Å². The van der Waals surface area contributed by atoms with Gasteiger partial charge in [0.25, 0.3) is 0 Å². The van der Waals surface area contributed by atoms with Gasteiger partial charge >= 0.3 is 0 Å². The van der Waals surface area contributed by atoms with Gasteiger partial charge in [-0.1, -0.05) is 60.7 Å². The van der Waals surface area contributed by atoms with Gasteiger partial charge < -0.3 is 9.97 Å². The Bertz CT molecular complexity index is 1700. The van der Waals surface area contributed by atoms with E-state index in [1.807, 2.05) is 24.3 Å². The molecular formula is C30H20N4. The number of hydrogen-bond donors (Lipinski definition) is 2. The molecule has 0 saturated heterocycles. The second kappa shape index (κ2) is 7.42. The quantitative estimate of drug-likeness (QED) is 0.255. The normalized spacial score (nSPS) is 11.5. The molecule has 0 unspecified atom stereocenters. The average Bonchev–Trinajstić information content (AvgIpc) is 3.37. The summed E-state index contributed by atoms with van der Waals surface area (Å²) in [6.07, 6.45) is 0. The molecule has 4 nitrogen and oxygen atoms in total. The number of fused-ring (bicyclic) bond motifs is 14. The van der Waals surface area contributed by atoms with Crippen molar-refractivity contribution in [2.45, 2.75) is 0 Å². The lowest BCUT2D eigenvalue weighted by Crippen LogP contribution is -1.76. The van der Waals surface area contributed by atoms with Gasteiger partial charge in [0.2, 0.25) is 0 Å². The highest BCUT2D eigenvalue weighted by Gasteiger charge is 2.04. The number of hydrogen-bond acceptors (Lipinski definition) is 2. The van der Waals surface area contributed by atoms with Crippen LogP contribution in [-0.4, -0.2) is 19.9 Å². The highest BCUT2D eigenvalue weighted by Crippen LogP contribution is 2.27. The topological polar surface area (TPSA) is 57.4 Å². The molecule has 0 atom stereocenters. The average molecular weight is 437 g/mol. The molecule has 0 fully saturated rings. The minimum absolute atomic E-state index is 0.905. The summed E-state index contributed by atoms with van der Waals surface area (Å²) >= 11 is 0. The summed E-state index contributed by atoms with van der Waals surface area (Å²) in [5, 5.41) is 4.65. The third-order valence-electron chi connectivity index (χ3n) is 6.31. The number of rotatable bonds is 0. The zero-order chi connectivity index (χ0) is 22.5. The van der Waals surface area contributed by atoms with E-state index in [0.29, 0.717) is 0 Å². The number of aromatic nitrogens is 4. The Morgan fingerprint density at radius 1 is 0.353 bits per heavy atom. The number of benzene rings is 2. The molecule has 0 aliphatic carbocycles. The molecule has 5 aromatic heterocycles. The molecule has 34 heavy (non-hydrogen) atoms. The molecule has 0 aliphatic rings. The number of aromatic amines is 2. The van der Waals surface area contributed by atoms with Crippen molar-refractivity contribution in [1.29, 1.82) is 0 Å². The Kier molecular flexibility index (Phi) is 4.11. The van der Waals surface area contributed by atoms with Crippen molar-refractivity contribution in [3.05, 3.63) is 109 Å². The lowest BCUT2D eigenvalue weighted by Gasteiger charge is -1.92. The summed E-state index contributed by atoms with van der Waals surface area (Å²) in [6.45, 7) is 0. The Labute approximate surface area is 194 Å². The van der Waals surface area contributed by atoms with E-state index in [4.69, 9.17) is 9.97 Å². The SMILES string of the molecule is c1cc2cc3[nH]c(cc4cccc(cc5[nH]c(cc(c1)n2)c1ccccc51)n4)c1ccccc31. The maximum absolute atomic E-state index is 4.92. The van der Waals surface area contributed by atoms with Crippen LogP contribution in [0, 0.1) is 0 Å². The second-order valence-electron chi connectivity index (χ2n) is 8.55. The minimum atomic E-state index is 0.905. The van der Waals surface area contributed by atoms with Crippen molar-refractivity contribution < 1.29 is 0 Å². The Morgan fingerprint density at radius 3 is 0.941 bits per heavy atom. The van der Waals surface area contributed by atoms with Crippen LogP contribution in [0.4, 0.5) is 0 Å². The highest BCUT2D eigenvalue weighted by atomic mass is 14.7. The lowest BCUT2D eigenvalue weighted by atomic mass is 10.1. The smallest absolute Gasteiger partial charge is 0.0657 e. The van der Waals surface area contributed by atoms with Crippen LogP contribution in [0.5, 0.6) is 0 Å². The highest BCUT2D eigenvalue weighted by molar-refractivity contribution is 6.09. The molecule has 8 bridgehead atoms. The van der Waals surface area contributed by atoms with Gasteiger partial charge in [-0.3, -0.25) is 0 Å². The molecule has 0 aliphatic heterocycles. The van der Waals surface area contributed by atoms with Crippen molar-refractivity contribution in [3.63, 3.8) is 0 Å². The van der Waals surface area contributed by atoms with Crippen LogP contribution in [0.2, 0.25) is 0 Å². The largest absolute Gasteiger partial charge is 0.354 e. The third-order valence-corrected chi connectivity index (χ3v) is 6.31. The van der Waals surface area contributed by atoms with E-state index in [1.54, 1.807) is 0 Å². The van der Waals surface area contributed by atoms with Gasteiger partial charge in [0, 0.05) is 43.6 Å². The fourth-order valence-corrected chi connectivity index (χ4v) is 4.77. The fourth-order valence-electron chi connectivity index (χ4n) is 4.77. The zero-order valence-corrected chi connectivity index (χ0v) is 18.3. The van der Waals surface area contributed by atoms with Crippen molar-refractivity contribution in [1.82, 2.24) is 19.9 Å². The second-order valence-corrected chi connectivity index (χ2v) is 8.55. The van der Waals surface area contributed by atoms with Crippen LogP contribution >= 0.6 is 0 Å². The van der Waals surface area contributed by atoms with E-state index < -0.39 is 0 Å². The Hall–Kier alpha value is -4.70. The van der Waals surface area contributed by atoms with E-state index >= 15 is 0 Å². The Balaban J connectivity index is 1.71. The Morgan fingerprint density at radius 2 is 0.647 bits per heavy atom. The molecule has 0 amide bonds. The first-order valence-electron chi connectivity index (χ1n) is 11.3. The molecule has 2 aromatic carbocycles. The zero-order valence-electron chi connectivity index (χ0n) is 18.3. The third kappa shape index (κ3) is 3.16. The van der Waals surface area contributed by atoms with E-state index in [9.17, 15) is 0 Å². The molecule has 7 aromatic rings. The first-order valence-corrected chi connectivity index (χ1v) is 11.3. The van der Waals surface area contributed by atoms with Crippen molar-refractivity contribution in [3.8, 4) is 0 Å². The first-order chi connectivity index (χ1) is 16.8. The van der Waals surface area contributed by atoms with E-state index in [1.165, 1.54) is 0 Å². The molecular weight excluding hydrogens is 416 g/mol. The molecule has 0 saturated carbocycles. The minimum Gasteiger partial charge on any atom is -0.354 e. The molecule has 4 heteroatoms. The number of H-pyrrole nitrogens is 2. The lowest BCUT2D eigenvalue weighted by molar-refractivity contribution is 1.45. The number of nitrogens with zero attached hydrogens (tertiary/aromatic N) is 2. The maximum atomic E-state index is 4.92. The van der Waals surface area contributed by atoms with Crippen molar-refractivity contribution in [2.24, 2.45) is 0 Å². The monoisotopic (exact) mass is 436 g/mol. The van der Waals surface area contributed by atoms with Gasteiger partial charge in [-0.25, -0.2) is 9.97 Å². The summed E-state index contributed by atoms with van der Waals surface area (Å²) in [4.78, 5) is 17.0. The van der Waals surface area contributed by atoms with Gasteiger partial charge in [0.15, 0.2) is 0 Å². The predicted molar refractivity (Wildman–Crippen MR) is 142 cm³/mol. The molecule has 5 heterocycles. The summed E-state index contributed by atoms with van der Waals surface area (Å²) in [7, 11) is 0. The summed E-state index contributed by atoms with van der Waals surface area (Å²) in [5.74, 6) is 0. The number of nitrogens with one attached hydrogen (secondary N) is 2. The van der Waals surface area contributed by atoms with Gasteiger partial charge in [-0.05, 0) is 48.5 Å². The van der Waals surface area contributed by atoms with Crippen LogP contribution in [-0.2, 0) is 0 Å². The fraction of sp³-hybridized carbons (Fsp3) is 0. The van der Waals surface area contributed by atoms with E-state index in [-0.39, 0.29) is 0 Å². The van der Waals surface area contributed by atoms with Gasteiger partial charge in [-0.2, -0.15) is 0 Å². The molecule has 0 spiro atoms. The summed E-state index contributed by atoms with van der Waals surface area (Å²) in [5.41, 5.74) is 7.76. The summed E-state index contributed by atoms with van der Waals surface area (Å²) in [6, 6.07) is 37.5. The molecule has 0 radical (unpaired) electrons. The van der Waals surface area contributed by atoms with Crippen LogP contribution in [0.3, 0.4) is 0 Å². The number of pyridine rings is 2. The molecule has 160 valence electrons. The van der Waals surface area contributed by atoms with Crippen LogP contribution in [0.25, 0.3) is 65.7 Å². The van der Waals surface area contributed by atoms with Crippen LogP contribution in [0.1, 0.15) is 0 Å². The van der Waals surface area contributed by atoms with Crippen molar-refractivity contribution in [2.75, 3.05) is 0 Å². The van der Waals surface area contributed by atoms with Gasteiger partial charge in [0.05, 0.1) is 22.1 Å². The van der Waals surface area contributed by atoms with Crippen LogP contribution < -0.4 is 0 Å². The van der Waals surface area contributed by atoms with E-state index in [0.717, 1.165) is 65.7 Å². The molecule has 7 rings (SSSR count). The standard InChI is InChI=1S/C30H20N4/c1-2-12-24-23(11-1)27-15-19-7-5-9-21(31-19)17-29-25-13-3-4-14-26(25)30(34-29)18-22-10-6-8-20(32-22)16-28(24)33-27/h1-18,33-34H. The maximum Gasteiger partial charge on any atom is 0.0657 e. The van der Waals surface area contributed by atoms with Gasteiger partial charge in [0.1, 0.15) is 0 Å². The predicted octanol–water partition coefficient (Wildman–Crippen LogP) is 7.74. The first kappa shape index (κ1) is 18.8. The van der Waals surface area contributed by atoms with Crippen LogP contribution in [0.15, 0.2) is 109 Å². The molecule has 2 N–H and O–H groups in total. The summed E-state index contributed by atoms with van der Waals surface area (Å²) < 4.78 is 0. The van der Waals surface area contributed by atoms with E-state index in [2.05, 4.69) is 94.9 Å².